The predicted molar refractivity (Wildman–Crippen MR) is 92.7 cm³/mol. The topological polar surface area (TPSA) is 40.5 Å². The molecule has 0 spiro atoms. The van der Waals surface area contributed by atoms with E-state index in [0.717, 1.165) is 30.4 Å². The minimum atomic E-state index is -0.866. The highest BCUT2D eigenvalue weighted by Crippen LogP contribution is 2.64. The standard InChI is InChI=1S/C21H27FO2/c1-3-4-15-18(24)11-21(2)10-17(22)19-14-8-6-13(23)9-12(14)5-7-16(19)20(15)21/h3,6,8-9,15-20,23-24H,1,4-5,7,10-11H2,2H3/t15-,16-,17+,18+,19-,20+,21-/m1/s1. The van der Waals surface area contributed by atoms with Crippen LogP contribution in [0.25, 0.3) is 0 Å². The number of aliphatic hydroxyl groups excluding tert-OH is 1. The molecule has 2 fully saturated rings. The van der Waals surface area contributed by atoms with Crippen LogP contribution in [0.5, 0.6) is 5.75 Å². The first-order chi connectivity index (χ1) is 11.4. The van der Waals surface area contributed by atoms with Gasteiger partial charge in [-0.3, -0.25) is 0 Å². The molecule has 0 saturated heterocycles. The van der Waals surface area contributed by atoms with Crippen LogP contribution in [-0.2, 0) is 6.42 Å². The van der Waals surface area contributed by atoms with Gasteiger partial charge in [0.1, 0.15) is 11.9 Å². The van der Waals surface area contributed by atoms with Crippen LogP contribution in [-0.4, -0.2) is 22.5 Å². The fraction of sp³-hybridized carbons (Fsp3) is 0.619. The Balaban J connectivity index is 1.76. The Hall–Kier alpha value is -1.35. The van der Waals surface area contributed by atoms with E-state index in [1.165, 1.54) is 0 Å². The Morgan fingerprint density at radius 1 is 1.38 bits per heavy atom. The number of aliphatic hydroxyl groups is 1. The Bertz CT molecular complexity index is 657. The number of fused-ring (bicyclic) bond motifs is 5. The van der Waals surface area contributed by atoms with Crippen molar-refractivity contribution in [3.05, 3.63) is 42.0 Å². The highest BCUT2D eigenvalue weighted by molar-refractivity contribution is 5.41. The molecule has 3 heteroatoms. The van der Waals surface area contributed by atoms with Crippen molar-refractivity contribution in [2.24, 2.45) is 23.2 Å². The van der Waals surface area contributed by atoms with Gasteiger partial charge >= 0.3 is 0 Å². The Labute approximate surface area is 143 Å². The number of aryl methyl sites for hydroxylation is 1. The second-order valence-corrected chi connectivity index (χ2v) is 8.47. The van der Waals surface area contributed by atoms with Crippen molar-refractivity contribution in [3.8, 4) is 5.75 Å². The third kappa shape index (κ3) is 2.24. The van der Waals surface area contributed by atoms with Crippen molar-refractivity contribution in [2.45, 2.75) is 57.2 Å². The third-order valence-corrected chi connectivity index (χ3v) is 7.08. The minimum Gasteiger partial charge on any atom is -0.508 e. The molecule has 0 aliphatic heterocycles. The van der Waals surface area contributed by atoms with Crippen molar-refractivity contribution < 1.29 is 14.6 Å². The largest absolute Gasteiger partial charge is 0.508 e. The number of hydrogen-bond donors (Lipinski definition) is 2. The Kier molecular flexibility index (Phi) is 3.76. The lowest BCUT2D eigenvalue weighted by atomic mass is 9.53. The second kappa shape index (κ2) is 5.59. The number of rotatable bonds is 2. The molecule has 2 saturated carbocycles. The molecule has 7 atom stereocenters. The minimum absolute atomic E-state index is 0.0926. The van der Waals surface area contributed by atoms with Crippen molar-refractivity contribution in [2.75, 3.05) is 0 Å². The summed E-state index contributed by atoms with van der Waals surface area (Å²) in [5.41, 5.74) is 2.07. The summed E-state index contributed by atoms with van der Waals surface area (Å²) in [7, 11) is 0. The van der Waals surface area contributed by atoms with E-state index in [0.29, 0.717) is 18.8 Å². The third-order valence-electron chi connectivity index (χ3n) is 7.08. The van der Waals surface area contributed by atoms with E-state index in [1.54, 1.807) is 12.1 Å². The zero-order chi connectivity index (χ0) is 17.1. The molecular weight excluding hydrogens is 303 g/mol. The lowest BCUT2D eigenvalue weighted by molar-refractivity contribution is -0.0170. The van der Waals surface area contributed by atoms with Gasteiger partial charge < -0.3 is 10.2 Å². The second-order valence-electron chi connectivity index (χ2n) is 8.47. The van der Waals surface area contributed by atoms with Gasteiger partial charge in [0, 0.05) is 5.92 Å². The van der Waals surface area contributed by atoms with Crippen LogP contribution in [0.4, 0.5) is 4.39 Å². The fourth-order valence-corrected chi connectivity index (χ4v) is 6.38. The number of hydrogen-bond acceptors (Lipinski definition) is 2. The van der Waals surface area contributed by atoms with Gasteiger partial charge in [0.15, 0.2) is 0 Å². The molecule has 3 aliphatic rings. The first-order valence-electron chi connectivity index (χ1n) is 9.19. The monoisotopic (exact) mass is 330 g/mol. The quantitative estimate of drug-likeness (QED) is 0.791. The lowest BCUT2D eigenvalue weighted by Crippen LogP contribution is -2.47. The summed E-state index contributed by atoms with van der Waals surface area (Å²) >= 11 is 0. The molecule has 4 rings (SSSR count). The summed E-state index contributed by atoms with van der Waals surface area (Å²) in [6.45, 7) is 6.05. The summed E-state index contributed by atoms with van der Waals surface area (Å²) in [4.78, 5) is 0. The van der Waals surface area contributed by atoms with Crippen LogP contribution >= 0.6 is 0 Å². The zero-order valence-corrected chi connectivity index (χ0v) is 14.3. The average molecular weight is 330 g/mol. The summed E-state index contributed by atoms with van der Waals surface area (Å²) in [5.74, 6) is 1.00. The molecule has 24 heavy (non-hydrogen) atoms. The molecule has 1 aromatic rings. The number of aromatic hydroxyl groups is 1. The molecular formula is C21H27FO2. The van der Waals surface area contributed by atoms with Gasteiger partial charge in [0.05, 0.1) is 6.10 Å². The molecule has 0 bridgehead atoms. The van der Waals surface area contributed by atoms with E-state index in [2.05, 4.69) is 13.5 Å². The number of phenols is 1. The van der Waals surface area contributed by atoms with E-state index < -0.39 is 6.17 Å². The van der Waals surface area contributed by atoms with Crippen LogP contribution < -0.4 is 0 Å². The average Bonchev–Trinajstić information content (AvgIpc) is 2.77. The summed E-state index contributed by atoms with van der Waals surface area (Å²) in [6, 6.07) is 5.41. The summed E-state index contributed by atoms with van der Waals surface area (Å²) < 4.78 is 15.3. The van der Waals surface area contributed by atoms with Gasteiger partial charge in [0.25, 0.3) is 0 Å². The molecule has 2 nitrogen and oxygen atoms in total. The van der Waals surface area contributed by atoms with Crippen LogP contribution in [0.2, 0.25) is 0 Å². The van der Waals surface area contributed by atoms with Crippen molar-refractivity contribution in [3.63, 3.8) is 0 Å². The van der Waals surface area contributed by atoms with Crippen molar-refractivity contribution in [1.29, 1.82) is 0 Å². The van der Waals surface area contributed by atoms with E-state index in [4.69, 9.17) is 0 Å². The molecule has 0 aromatic heterocycles. The predicted octanol–water partition coefficient (Wildman–Crippen LogP) is 4.36. The smallest absolute Gasteiger partial charge is 0.115 e. The normalized spacial score (nSPS) is 43.6. The maximum Gasteiger partial charge on any atom is 0.115 e. The SMILES string of the molecule is C=CC[C@H]1[C@H]2[C@@H]3CCc4cc(O)ccc4[C@H]3[C@@H](F)C[C@]2(C)C[C@@H]1O. The van der Waals surface area contributed by atoms with Gasteiger partial charge in [-0.2, -0.15) is 0 Å². The van der Waals surface area contributed by atoms with Gasteiger partial charge in [-0.15, -0.1) is 6.58 Å². The molecule has 2 N–H and O–H groups in total. The molecule has 0 unspecified atom stereocenters. The number of allylic oxidation sites excluding steroid dienone is 1. The number of halogens is 1. The maximum atomic E-state index is 15.3. The van der Waals surface area contributed by atoms with Crippen molar-refractivity contribution >= 4 is 0 Å². The zero-order valence-electron chi connectivity index (χ0n) is 14.3. The highest BCUT2D eigenvalue weighted by atomic mass is 19.1. The molecule has 1 aromatic carbocycles. The van der Waals surface area contributed by atoms with Crippen LogP contribution in [0.3, 0.4) is 0 Å². The number of benzene rings is 1. The van der Waals surface area contributed by atoms with Gasteiger partial charge in [-0.1, -0.05) is 19.1 Å². The Morgan fingerprint density at radius 2 is 2.17 bits per heavy atom. The van der Waals surface area contributed by atoms with E-state index in [9.17, 15) is 10.2 Å². The number of alkyl halides is 1. The lowest BCUT2D eigenvalue weighted by Gasteiger charge is -2.52. The van der Waals surface area contributed by atoms with E-state index in [-0.39, 0.29) is 35.0 Å². The molecule has 130 valence electrons. The van der Waals surface area contributed by atoms with Gasteiger partial charge in [-0.25, -0.2) is 4.39 Å². The van der Waals surface area contributed by atoms with Crippen LogP contribution in [0.15, 0.2) is 30.9 Å². The molecule has 0 amide bonds. The van der Waals surface area contributed by atoms with Gasteiger partial charge in [-0.05, 0) is 78.5 Å². The highest BCUT2D eigenvalue weighted by Gasteiger charge is 2.60. The fourth-order valence-electron chi connectivity index (χ4n) is 6.38. The van der Waals surface area contributed by atoms with Crippen LogP contribution in [0, 0.1) is 23.2 Å². The first kappa shape index (κ1) is 16.1. The van der Waals surface area contributed by atoms with Crippen molar-refractivity contribution in [1.82, 2.24) is 0 Å². The molecule has 0 heterocycles. The van der Waals surface area contributed by atoms with E-state index >= 15 is 4.39 Å². The molecule has 3 aliphatic carbocycles. The number of phenolic OH excluding ortho intramolecular Hbond substituents is 1. The van der Waals surface area contributed by atoms with E-state index in [1.807, 2.05) is 12.1 Å². The van der Waals surface area contributed by atoms with Gasteiger partial charge in [0.2, 0.25) is 0 Å². The maximum absolute atomic E-state index is 15.3. The Morgan fingerprint density at radius 3 is 2.92 bits per heavy atom. The molecule has 0 radical (unpaired) electrons. The summed E-state index contributed by atoms with van der Waals surface area (Å²) in [5, 5.41) is 20.4. The van der Waals surface area contributed by atoms with Crippen LogP contribution in [0.1, 0.15) is 49.7 Å². The summed E-state index contributed by atoms with van der Waals surface area (Å²) in [6.07, 6.45) is 4.59. The first-order valence-corrected chi connectivity index (χ1v) is 9.19.